The molecule has 0 aliphatic carbocycles. The minimum absolute atomic E-state index is 0.279. The molecule has 0 N–H and O–H groups in total. The zero-order valence-corrected chi connectivity index (χ0v) is 13.3. The Morgan fingerprint density at radius 3 is 2.82 bits per heavy atom. The van der Waals surface area contributed by atoms with Crippen LogP contribution in [0.1, 0.15) is 17.2 Å². The number of nitrogens with zero attached hydrogens (tertiary/aromatic N) is 4. The Hall–Kier alpha value is -2.52. The highest BCUT2D eigenvalue weighted by atomic mass is 79.9. The Morgan fingerprint density at radius 2 is 2.05 bits per heavy atom. The van der Waals surface area contributed by atoms with E-state index in [-0.39, 0.29) is 5.56 Å². The van der Waals surface area contributed by atoms with E-state index in [1.165, 1.54) is 10.9 Å². The summed E-state index contributed by atoms with van der Waals surface area (Å²) in [5.74, 6) is -0.652. The molecule has 5 nitrogen and oxygen atoms in total. The van der Waals surface area contributed by atoms with Crippen LogP contribution in [0.5, 0.6) is 0 Å². The van der Waals surface area contributed by atoms with E-state index in [0.717, 1.165) is 10.9 Å². The Bertz CT molecular complexity index is 958. The Morgan fingerprint density at radius 1 is 1.27 bits per heavy atom. The normalized spacial score (nSPS) is 12.0. The van der Waals surface area contributed by atoms with Gasteiger partial charge in [-0.1, -0.05) is 24.3 Å². The lowest BCUT2D eigenvalue weighted by molar-refractivity contribution is 0.691. The quantitative estimate of drug-likeness (QED) is 0.709. The molecule has 0 spiro atoms. The van der Waals surface area contributed by atoms with Gasteiger partial charge >= 0.3 is 0 Å². The first-order chi connectivity index (χ1) is 10.6. The minimum Gasteiger partial charge on any atom is -0.267 e. The fourth-order valence-corrected chi connectivity index (χ4v) is 2.85. The second-order valence-electron chi connectivity index (χ2n) is 4.83. The number of rotatable bonds is 2. The maximum atomic E-state index is 12.0. The van der Waals surface area contributed by atoms with Crippen molar-refractivity contribution in [2.75, 3.05) is 0 Å². The lowest BCUT2D eigenvalue weighted by Gasteiger charge is -2.11. The number of nitriles is 1. The van der Waals surface area contributed by atoms with E-state index in [0.29, 0.717) is 15.7 Å². The van der Waals surface area contributed by atoms with Crippen molar-refractivity contribution in [1.29, 1.82) is 5.26 Å². The molecular weight excluding hydrogens is 344 g/mol. The number of hydrogen-bond acceptors (Lipinski definition) is 4. The summed E-state index contributed by atoms with van der Waals surface area (Å²) in [5.41, 5.74) is 1.65. The Labute approximate surface area is 135 Å². The summed E-state index contributed by atoms with van der Waals surface area (Å²) in [6.07, 6.45) is 1.52. The van der Waals surface area contributed by atoms with Gasteiger partial charge in [-0.15, -0.1) is 0 Å². The summed E-state index contributed by atoms with van der Waals surface area (Å²) in [7, 11) is 1.56. The highest BCUT2D eigenvalue weighted by Gasteiger charge is 2.21. The van der Waals surface area contributed by atoms with Gasteiger partial charge in [0.2, 0.25) is 0 Å². The van der Waals surface area contributed by atoms with Crippen LogP contribution in [0, 0.1) is 11.3 Å². The van der Waals surface area contributed by atoms with Gasteiger partial charge in [0.25, 0.3) is 5.56 Å². The van der Waals surface area contributed by atoms with Crippen LogP contribution in [0.3, 0.4) is 0 Å². The number of halogens is 1. The molecule has 0 saturated carbocycles. The fraction of sp³-hybridized carbons (Fsp3) is 0.125. The molecule has 0 aliphatic rings. The van der Waals surface area contributed by atoms with E-state index < -0.39 is 5.92 Å². The second kappa shape index (κ2) is 5.70. The molecule has 22 heavy (non-hydrogen) atoms. The van der Waals surface area contributed by atoms with E-state index >= 15 is 0 Å². The first-order valence-electron chi connectivity index (χ1n) is 6.59. The zero-order chi connectivity index (χ0) is 15.7. The van der Waals surface area contributed by atoms with Crippen molar-refractivity contribution >= 4 is 26.8 Å². The number of aryl methyl sites for hydroxylation is 1. The molecular formula is C16H11BrN4O. The molecule has 1 atom stereocenters. The third-order valence-corrected chi connectivity index (χ3v) is 4.26. The summed E-state index contributed by atoms with van der Waals surface area (Å²) in [5, 5.41) is 14.5. The van der Waals surface area contributed by atoms with Crippen molar-refractivity contribution < 1.29 is 0 Å². The van der Waals surface area contributed by atoms with E-state index in [1.54, 1.807) is 13.1 Å². The molecule has 2 aromatic heterocycles. The number of hydrogen-bond donors (Lipinski definition) is 0. The molecule has 0 amide bonds. The fourth-order valence-electron chi connectivity index (χ4n) is 2.26. The summed E-state index contributed by atoms with van der Waals surface area (Å²) in [4.78, 5) is 16.5. The van der Waals surface area contributed by atoms with Crippen LogP contribution in [0.15, 0.2) is 51.9 Å². The number of pyridine rings is 1. The zero-order valence-electron chi connectivity index (χ0n) is 11.7. The summed E-state index contributed by atoms with van der Waals surface area (Å²) in [6.45, 7) is 0. The van der Waals surface area contributed by atoms with Gasteiger partial charge in [0.15, 0.2) is 0 Å². The summed E-state index contributed by atoms with van der Waals surface area (Å²) >= 11 is 3.27. The van der Waals surface area contributed by atoms with Crippen LogP contribution >= 0.6 is 15.9 Å². The summed E-state index contributed by atoms with van der Waals surface area (Å²) in [6, 6.07) is 13.6. The average molecular weight is 355 g/mol. The lowest BCUT2D eigenvalue weighted by Crippen LogP contribution is -2.22. The van der Waals surface area contributed by atoms with Crippen molar-refractivity contribution in [2.45, 2.75) is 5.92 Å². The molecule has 108 valence electrons. The molecule has 0 bridgehead atoms. The van der Waals surface area contributed by atoms with Crippen LogP contribution in [0.4, 0.5) is 0 Å². The molecule has 0 aliphatic heterocycles. The first-order valence-corrected chi connectivity index (χ1v) is 7.38. The van der Waals surface area contributed by atoms with Gasteiger partial charge in [0.1, 0.15) is 5.92 Å². The van der Waals surface area contributed by atoms with Gasteiger partial charge < -0.3 is 0 Å². The van der Waals surface area contributed by atoms with Crippen molar-refractivity contribution in [3.63, 3.8) is 0 Å². The maximum Gasteiger partial charge on any atom is 0.281 e. The highest BCUT2D eigenvalue weighted by molar-refractivity contribution is 9.10. The van der Waals surface area contributed by atoms with Crippen molar-refractivity contribution in [1.82, 2.24) is 14.8 Å². The van der Waals surface area contributed by atoms with Crippen LogP contribution in [0.2, 0.25) is 0 Å². The first kappa shape index (κ1) is 14.4. The van der Waals surface area contributed by atoms with Crippen molar-refractivity contribution in [2.24, 2.45) is 7.05 Å². The van der Waals surface area contributed by atoms with Gasteiger partial charge in [0, 0.05) is 18.0 Å². The predicted octanol–water partition coefficient (Wildman–Crippen LogP) is 2.75. The largest absolute Gasteiger partial charge is 0.281 e. The van der Waals surface area contributed by atoms with Gasteiger partial charge in [-0.25, -0.2) is 4.68 Å². The SMILES string of the molecule is Cn1ncc(C(C#N)c2ccc3ccccc3n2)c(Br)c1=O. The minimum atomic E-state index is -0.652. The van der Waals surface area contributed by atoms with Gasteiger partial charge in [-0.05, 0) is 28.1 Å². The molecule has 0 fully saturated rings. The third-order valence-electron chi connectivity index (χ3n) is 3.46. The molecule has 3 aromatic rings. The lowest BCUT2D eigenvalue weighted by atomic mass is 9.98. The smallest absolute Gasteiger partial charge is 0.267 e. The van der Waals surface area contributed by atoms with Crippen LogP contribution in [-0.4, -0.2) is 14.8 Å². The number of para-hydroxylation sites is 1. The molecule has 3 rings (SSSR count). The van der Waals surface area contributed by atoms with E-state index in [4.69, 9.17) is 0 Å². The molecule has 2 heterocycles. The van der Waals surface area contributed by atoms with Crippen molar-refractivity contribution in [3.8, 4) is 6.07 Å². The molecule has 6 heteroatoms. The summed E-state index contributed by atoms with van der Waals surface area (Å²) < 4.78 is 1.56. The molecule has 0 radical (unpaired) electrons. The molecule has 1 unspecified atom stereocenters. The molecule has 1 aromatic carbocycles. The number of benzene rings is 1. The van der Waals surface area contributed by atoms with Gasteiger partial charge in [-0.2, -0.15) is 10.4 Å². The van der Waals surface area contributed by atoms with E-state index in [1.807, 2.05) is 30.3 Å². The highest BCUT2D eigenvalue weighted by Crippen LogP contribution is 2.27. The number of aromatic nitrogens is 3. The van der Waals surface area contributed by atoms with E-state index in [9.17, 15) is 10.1 Å². The standard InChI is InChI=1S/C16H11BrN4O/c1-21-16(22)15(17)12(9-19-21)11(8-18)14-7-6-10-4-2-3-5-13(10)20-14/h2-7,9,11H,1H3. The van der Waals surface area contributed by atoms with Crippen molar-refractivity contribution in [3.05, 3.63) is 68.7 Å². The average Bonchev–Trinajstić information content (AvgIpc) is 2.55. The Kier molecular flexibility index (Phi) is 3.73. The molecule has 0 saturated heterocycles. The monoisotopic (exact) mass is 354 g/mol. The van der Waals surface area contributed by atoms with Crippen LogP contribution in [-0.2, 0) is 7.05 Å². The maximum absolute atomic E-state index is 12.0. The van der Waals surface area contributed by atoms with Crippen LogP contribution in [0.25, 0.3) is 10.9 Å². The Balaban J connectivity index is 2.16. The topological polar surface area (TPSA) is 71.6 Å². The number of fused-ring (bicyclic) bond motifs is 1. The second-order valence-corrected chi connectivity index (χ2v) is 5.63. The van der Waals surface area contributed by atoms with Crippen LogP contribution < -0.4 is 5.56 Å². The van der Waals surface area contributed by atoms with E-state index in [2.05, 4.69) is 32.1 Å². The van der Waals surface area contributed by atoms with Gasteiger partial charge in [-0.3, -0.25) is 9.78 Å². The third kappa shape index (κ3) is 2.40. The van der Waals surface area contributed by atoms with Gasteiger partial charge in [0.05, 0.1) is 27.9 Å². The predicted molar refractivity (Wildman–Crippen MR) is 86.4 cm³/mol.